The average Bonchev–Trinajstić information content (AvgIpc) is 3.03. The molecule has 0 spiro atoms. The highest BCUT2D eigenvalue weighted by Crippen LogP contribution is 2.12. The number of hydrogen-bond acceptors (Lipinski definition) is 3. The van der Waals surface area contributed by atoms with Crippen LogP contribution in [0.2, 0.25) is 0 Å². The van der Waals surface area contributed by atoms with Crippen molar-refractivity contribution in [2.75, 3.05) is 20.2 Å². The van der Waals surface area contributed by atoms with Gasteiger partial charge < -0.3 is 4.74 Å². The van der Waals surface area contributed by atoms with Crippen LogP contribution in [0.1, 0.15) is 16.7 Å². The van der Waals surface area contributed by atoms with Gasteiger partial charge >= 0.3 is 0 Å². The fourth-order valence-corrected chi connectivity index (χ4v) is 2.53. The van der Waals surface area contributed by atoms with Crippen molar-refractivity contribution in [3.63, 3.8) is 0 Å². The summed E-state index contributed by atoms with van der Waals surface area (Å²) >= 11 is 0. The maximum Gasteiger partial charge on any atom is 0.216 e. The summed E-state index contributed by atoms with van der Waals surface area (Å²) in [5, 5.41) is 0. The lowest BCUT2D eigenvalue weighted by Crippen LogP contribution is -2.17. The number of ether oxygens (including phenoxy) is 1. The zero-order valence-corrected chi connectivity index (χ0v) is 12.3. The Morgan fingerprint density at radius 3 is 2.24 bits per heavy atom. The Hall–Kier alpha value is -2.13. The van der Waals surface area contributed by atoms with Crippen LogP contribution < -0.4 is 0 Å². The molecule has 2 aromatic rings. The van der Waals surface area contributed by atoms with E-state index in [1.165, 1.54) is 11.1 Å². The SMILES string of the molecule is CN(Cc1ccccc1)Cc1ccc(C2=NCCO2)cc1. The highest BCUT2D eigenvalue weighted by Gasteiger charge is 2.10. The summed E-state index contributed by atoms with van der Waals surface area (Å²) in [5.74, 6) is 0.777. The molecular formula is C18H20N2O. The minimum Gasteiger partial charge on any atom is -0.476 e. The van der Waals surface area contributed by atoms with Crippen molar-refractivity contribution in [2.24, 2.45) is 4.99 Å². The quantitative estimate of drug-likeness (QED) is 0.840. The summed E-state index contributed by atoms with van der Waals surface area (Å²) in [6.45, 7) is 3.37. The minimum absolute atomic E-state index is 0.705. The summed E-state index contributed by atoms with van der Waals surface area (Å²) in [4.78, 5) is 6.65. The third-order valence-corrected chi connectivity index (χ3v) is 3.53. The van der Waals surface area contributed by atoms with E-state index in [9.17, 15) is 0 Å². The van der Waals surface area contributed by atoms with Gasteiger partial charge in [0.1, 0.15) is 6.61 Å². The summed E-state index contributed by atoms with van der Waals surface area (Å²) in [6.07, 6.45) is 0. The second-order valence-corrected chi connectivity index (χ2v) is 5.39. The van der Waals surface area contributed by atoms with Gasteiger partial charge in [0, 0.05) is 18.7 Å². The summed E-state index contributed by atoms with van der Waals surface area (Å²) < 4.78 is 5.48. The van der Waals surface area contributed by atoms with Gasteiger partial charge in [0.05, 0.1) is 6.54 Å². The second kappa shape index (κ2) is 6.55. The van der Waals surface area contributed by atoms with Gasteiger partial charge in [-0.05, 0) is 30.3 Å². The lowest BCUT2D eigenvalue weighted by molar-refractivity contribution is 0.319. The van der Waals surface area contributed by atoms with Gasteiger partial charge in [-0.3, -0.25) is 4.90 Å². The zero-order chi connectivity index (χ0) is 14.5. The smallest absolute Gasteiger partial charge is 0.216 e. The van der Waals surface area contributed by atoms with Gasteiger partial charge in [-0.15, -0.1) is 0 Å². The van der Waals surface area contributed by atoms with Crippen molar-refractivity contribution in [3.05, 3.63) is 71.3 Å². The normalized spacial score (nSPS) is 14.1. The Balaban J connectivity index is 1.59. The van der Waals surface area contributed by atoms with E-state index in [4.69, 9.17) is 4.74 Å². The minimum atomic E-state index is 0.705. The van der Waals surface area contributed by atoms with Gasteiger partial charge in [0.25, 0.3) is 0 Å². The molecule has 0 fully saturated rings. The average molecular weight is 280 g/mol. The Kier molecular flexibility index (Phi) is 4.31. The third-order valence-electron chi connectivity index (χ3n) is 3.53. The first-order valence-electron chi connectivity index (χ1n) is 7.30. The Labute approximate surface area is 125 Å². The zero-order valence-electron chi connectivity index (χ0n) is 12.3. The highest BCUT2D eigenvalue weighted by atomic mass is 16.5. The molecule has 1 heterocycles. The maximum atomic E-state index is 5.48. The summed E-state index contributed by atoms with van der Waals surface area (Å²) in [5.41, 5.74) is 3.71. The van der Waals surface area contributed by atoms with Crippen molar-refractivity contribution >= 4 is 5.90 Å². The monoisotopic (exact) mass is 280 g/mol. The molecule has 0 atom stereocenters. The number of nitrogens with zero attached hydrogens (tertiary/aromatic N) is 2. The molecule has 3 nitrogen and oxygen atoms in total. The molecule has 0 aliphatic carbocycles. The van der Waals surface area contributed by atoms with E-state index in [1.54, 1.807) is 0 Å². The van der Waals surface area contributed by atoms with E-state index in [-0.39, 0.29) is 0 Å². The Bertz CT molecular complexity index is 605. The number of hydrogen-bond donors (Lipinski definition) is 0. The van der Waals surface area contributed by atoms with Crippen molar-refractivity contribution in [1.82, 2.24) is 4.90 Å². The van der Waals surface area contributed by atoms with Crippen molar-refractivity contribution in [3.8, 4) is 0 Å². The van der Waals surface area contributed by atoms with Crippen molar-refractivity contribution in [1.29, 1.82) is 0 Å². The van der Waals surface area contributed by atoms with Crippen LogP contribution in [-0.4, -0.2) is 31.0 Å². The van der Waals surface area contributed by atoms with Crippen molar-refractivity contribution in [2.45, 2.75) is 13.1 Å². The molecule has 0 saturated carbocycles. The van der Waals surface area contributed by atoms with Crippen LogP contribution in [0.15, 0.2) is 59.6 Å². The predicted molar refractivity (Wildman–Crippen MR) is 85.4 cm³/mol. The first-order chi connectivity index (χ1) is 10.3. The first-order valence-corrected chi connectivity index (χ1v) is 7.30. The van der Waals surface area contributed by atoms with Crippen LogP contribution in [0.5, 0.6) is 0 Å². The molecule has 0 N–H and O–H groups in total. The second-order valence-electron chi connectivity index (χ2n) is 5.39. The standard InChI is InChI=1S/C18H20N2O/c1-20(13-15-5-3-2-4-6-15)14-16-7-9-17(10-8-16)18-19-11-12-21-18/h2-10H,11-14H2,1H3. The largest absolute Gasteiger partial charge is 0.476 e. The van der Waals surface area contributed by atoms with E-state index < -0.39 is 0 Å². The van der Waals surface area contributed by atoms with Crippen LogP contribution in [0.25, 0.3) is 0 Å². The van der Waals surface area contributed by atoms with Gasteiger partial charge in [0.15, 0.2) is 0 Å². The maximum absolute atomic E-state index is 5.48. The van der Waals surface area contributed by atoms with Crippen LogP contribution in [-0.2, 0) is 17.8 Å². The van der Waals surface area contributed by atoms with E-state index in [1.807, 2.05) is 0 Å². The predicted octanol–water partition coefficient (Wildman–Crippen LogP) is 3.10. The van der Waals surface area contributed by atoms with Gasteiger partial charge in [-0.1, -0.05) is 42.5 Å². The van der Waals surface area contributed by atoms with E-state index in [0.29, 0.717) is 6.61 Å². The molecule has 1 aliphatic rings. The molecule has 3 rings (SSSR count). The topological polar surface area (TPSA) is 24.8 Å². The number of rotatable bonds is 5. The lowest BCUT2D eigenvalue weighted by atomic mass is 10.1. The Morgan fingerprint density at radius 1 is 0.952 bits per heavy atom. The molecule has 0 aromatic heterocycles. The number of benzene rings is 2. The molecule has 21 heavy (non-hydrogen) atoms. The molecule has 1 aliphatic heterocycles. The molecule has 2 aromatic carbocycles. The van der Waals surface area contributed by atoms with Gasteiger partial charge in [-0.2, -0.15) is 0 Å². The molecule has 0 bridgehead atoms. The molecule has 0 unspecified atom stereocenters. The highest BCUT2D eigenvalue weighted by molar-refractivity contribution is 5.94. The first kappa shape index (κ1) is 13.8. The lowest BCUT2D eigenvalue weighted by Gasteiger charge is -2.17. The molecule has 0 amide bonds. The van der Waals surface area contributed by atoms with Crippen molar-refractivity contribution < 1.29 is 4.74 Å². The van der Waals surface area contributed by atoms with Gasteiger partial charge in [-0.25, -0.2) is 4.99 Å². The van der Waals surface area contributed by atoms with Crippen LogP contribution in [0, 0.1) is 0 Å². The number of aliphatic imine (C=N–C) groups is 1. The fourth-order valence-electron chi connectivity index (χ4n) is 2.53. The van der Waals surface area contributed by atoms with E-state index in [0.717, 1.165) is 31.1 Å². The third kappa shape index (κ3) is 3.70. The summed E-state index contributed by atoms with van der Waals surface area (Å²) in [7, 11) is 2.14. The van der Waals surface area contributed by atoms with Crippen LogP contribution in [0.3, 0.4) is 0 Å². The van der Waals surface area contributed by atoms with Crippen LogP contribution >= 0.6 is 0 Å². The summed E-state index contributed by atoms with van der Waals surface area (Å²) in [6, 6.07) is 19.0. The van der Waals surface area contributed by atoms with E-state index in [2.05, 4.69) is 71.5 Å². The fraction of sp³-hybridized carbons (Fsp3) is 0.278. The molecule has 0 radical (unpaired) electrons. The molecule has 0 saturated heterocycles. The molecule has 108 valence electrons. The Morgan fingerprint density at radius 2 is 1.62 bits per heavy atom. The van der Waals surface area contributed by atoms with Crippen LogP contribution in [0.4, 0.5) is 0 Å². The molecule has 3 heteroatoms. The molecular weight excluding hydrogens is 260 g/mol. The van der Waals surface area contributed by atoms with E-state index >= 15 is 0 Å². The van der Waals surface area contributed by atoms with Gasteiger partial charge in [0.2, 0.25) is 5.90 Å².